The third-order valence-corrected chi connectivity index (χ3v) is 4.34. The second-order valence-electron chi connectivity index (χ2n) is 7.05. The van der Waals surface area contributed by atoms with Crippen LogP contribution in [0, 0.1) is 5.92 Å². The molecule has 1 amide bonds. The molecule has 1 heterocycles. The van der Waals surface area contributed by atoms with Crippen LogP contribution in [-0.2, 0) is 4.74 Å². The highest BCUT2D eigenvalue weighted by molar-refractivity contribution is 5.69. The predicted molar refractivity (Wildman–Crippen MR) is 78.6 cm³/mol. The van der Waals surface area contributed by atoms with Gasteiger partial charge < -0.3 is 9.64 Å². The molecule has 0 unspecified atom stereocenters. The van der Waals surface area contributed by atoms with Crippen LogP contribution in [0.3, 0.4) is 0 Å². The summed E-state index contributed by atoms with van der Waals surface area (Å²) in [5.41, 5.74) is 0.939. The molecule has 3 nitrogen and oxygen atoms in total. The average molecular weight is 273 g/mol. The molecular formula is C17H23NO2. The monoisotopic (exact) mass is 273 g/mol. The highest BCUT2D eigenvalue weighted by Crippen LogP contribution is 2.47. The van der Waals surface area contributed by atoms with E-state index in [2.05, 4.69) is 24.3 Å². The number of hydrogen-bond acceptors (Lipinski definition) is 2. The molecule has 0 spiro atoms. The third kappa shape index (κ3) is 2.54. The van der Waals surface area contributed by atoms with Gasteiger partial charge in [-0.3, -0.25) is 0 Å². The second kappa shape index (κ2) is 4.80. The summed E-state index contributed by atoms with van der Waals surface area (Å²) in [6, 6.07) is 10.9. The summed E-state index contributed by atoms with van der Waals surface area (Å²) in [6.45, 7) is 6.64. The number of amides is 1. The van der Waals surface area contributed by atoms with Crippen molar-refractivity contribution in [1.29, 1.82) is 0 Å². The van der Waals surface area contributed by atoms with Crippen LogP contribution in [0.1, 0.15) is 45.1 Å². The third-order valence-electron chi connectivity index (χ3n) is 4.34. The Morgan fingerprint density at radius 1 is 1.20 bits per heavy atom. The minimum Gasteiger partial charge on any atom is -0.444 e. The van der Waals surface area contributed by atoms with Crippen LogP contribution in [0.4, 0.5) is 4.79 Å². The number of carbonyl (C=O) groups excluding carboxylic acids is 1. The summed E-state index contributed by atoms with van der Waals surface area (Å²) in [4.78, 5) is 14.3. The van der Waals surface area contributed by atoms with Crippen molar-refractivity contribution in [3.63, 3.8) is 0 Å². The summed E-state index contributed by atoms with van der Waals surface area (Å²) in [5.74, 6) is 1.11. The Kier molecular flexibility index (Phi) is 3.23. The van der Waals surface area contributed by atoms with E-state index < -0.39 is 5.60 Å². The van der Waals surface area contributed by atoms with Gasteiger partial charge in [-0.05, 0) is 45.1 Å². The topological polar surface area (TPSA) is 29.5 Å². The zero-order chi connectivity index (χ0) is 14.3. The SMILES string of the molecule is CC(C)(C)OC(=O)N1C[C@@H]2C[C@@H]1[C@H](c1ccccc1)C2. The number of benzene rings is 1. The molecule has 1 aliphatic carbocycles. The minimum atomic E-state index is -0.416. The van der Waals surface area contributed by atoms with Gasteiger partial charge in [-0.15, -0.1) is 0 Å². The van der Waals surface area contributed by atoms with Gasteiger partial charge in [0.05, 0.1) is 0 Å². The van der Waals surface area contributed by atoms with Gasteiger partial charge in [0.15, 0.2) is 0 Å². The molecule has 0 aromatic heterocycles. The van der Waals surface area contributed by atoms with Crippen molar-refractivity contribution in [2.45, 2.75) is 51.2 Å². The Morgan fingerprint density at radius 2 is 1.90 bits per heavy atom. The molecule has 3 heteroatoms. The number of ether oxygens (including phenoxy) is 1. The van der Waals surface area contributed by atoms with E-state index in [4.69, 9.17) is 4.74 Å². The molecule has 108 valence electrons. The Balaban J connectivity index is 1.75. The van der Waals surface area contributed by atoms with Gasteiger partial charge in [0.2, 0.25) is 0 Å². The number of carbonyl (C=O) groups is 1. The lowest BCUT2D eigenvalue weighted by Crippen LogP contribution is -2.44. The van der Waals surface area contributed by atoms with Crippen LogP contribution >= 0.6 is 0 Å². The second-order valence-corrected chi connectivity index (χ2v) is 7.05. The van der Waals surface area contributed by atoms with Crippen LogP contribution in [-0.4, -0.2) is 29.2 Å². The number of likely N-dealkylation sites (tertiary alicyclic amines) is 1. The first kappa shape index (κ1) is 13.5. The molecule has 20 heavy (non-hydrogen) atoms. The maximum Gasteiger partial charge on any atom is 0.410 e. The van der Waals surface area contributed by atoms with Gasteiger partial charge in [-0.1, -0.05) is 30.3 Å². The Morgan fingerprint density at radius 3 is 2.50 bits per heavy atom. The van der Waals surface area contributed by atoms with Gasteiger partial charge in [-0.25, -0.2) is 4.79 Å². The Labute approximate surface area is 120 Å². The average Bonchev–Trinajstić information content (AvgIpc) is 2.97. The van der Waals surface area contributed by atoms with Gasteiger partial charge in [-0.2, -0.15) is 0 Å². The fourth-order valence-electron chi connectivity index (χ4n) is 3.61. The summed E-state index contributed by atoms with van der Waals surface area (Å²) in [7, 11) is 0. The molecule has 3 rings (SSSR count). The van der Waals surface area contributed by atoms with Crippen LogP contribution in [0.5, 0.6) is 0 Å². The summed E-state index contributed by atoms with van der Waals surface area (Å²) in [6.07, 6.45) is 2.18. The predicted octanol–water partition coefficient (Wildman–Crippen LogP) is 3.80. The van der Waals surface area contributed by atoms with E-state index in [9.17, 15) is 4.79 Å². The minimum absolute atomic E-state index is 0.148. The van der Waals surface area contributed by atoms with E-state index >= 15 is 0 Å². The standard InChI is InChI=1S/C17H23NO2/c1-17(2,3)20-16(19)18-11-12-9-14(15(18)10-12)13-7-5-4-6-8-13/h4-8,12,14-15H,9-11H2,1-3H3/t12-,14-,15+/m0/s1. The summed E-state index contributed by atoms with van der Waals surface area (Å²) < 4.78 is 5.55. The first-order valence-corrected chi connectivity index (χ1v) is 7.48. The van der Waals surface area contributed by atoms with E-state index in [0.29, 0.717) is 17.9 Å². The summed E-state index contributed by atoms with van der Waals surface area (Å²) >= 11 is 0. The molecule has 1 aromatic rings. The van der Waals surface area contributed by atoms with Crippen molar-refractivity contribution in [3.05, 3.63) is 35.9 Å². The Bertz CT molecular complexity index is 491. The maximum atomic E-state index is 12.3. The van der Waals surface area contributed by atoms with E-state index in [1.165, 1.54) is 12.0 Å². The van der Waals surface area contributed by atoms with Crippen molar-refractivity contribution in [2.24, 2.45) is 5.92 Å². The van der Waals surface area contributed by atoms with Crippen LogP contribution in [0.25, 0.3) is 0 Å². The van der Waals surface area contributed by atoms with E-state index in [0.717, 1.165) is 13.0 Å². The lowest BCUT2D eigenvalue weighted by Gasteiger charge is -2.34. The van der Waals surface area contributed by atoms with Crippen molar-refractivity contribution in [2.75, 3.05) is 6.54 Å². The molecule has 2 bridgehead atoms. The van der Waals surface area contributed by atoms with Crippen molar-refractivity contribution in [1.82, 2.24) is 4.90 Å². The Hall–Kier alpha value is -1.51. The first-order chi connectivity index (χ1) is 9.44. The zero-order valence-electron chi connectivity index (χ0n) is 12.5. The van der Waals surface area contributed by atoms with E-state index in [1.54, 1.807) is 0 Å². The zero-order valence-corrected chi connectivity index (χ0v) is 12.5. The molecule has 0 N–H and O–H groups in total. The molecule has 0 radical (unpaired) electrons. The van der Waals surface area contributed by atoms with Crippen LogP contribution in [0.2, 0.25) is 0 Å². The maximum absolute atomic E-state index is 12.3. The van der Waals surface area contributed by atoms with Crippen LogP contribution in [0.15, 0.2) is 30.3 Å². The summed E-state index contributed by atoms with van der Waals surface area (Å²) in [5, 5.41) is 0. The number of fused-ring (bicyclic) bond motifs is 2. The van der Waals surface area contributed by atoms with Crippen molar-refractivity contribution in [3.8, 4) is 0 Å². The largest absolute Gasteiger partial charge is 0.444 e. The van der Waals surface area contributed by atoms with Crippen molar-refractivity contribution >= 4 is 6.09 Å². The lowest BCUT2D eigenvalue weighted by atomic mass is 9.91. The number of rotatable bonds is 1. The highest BCUT2D eigenvalue weighted by atomic mass is 16.6. The van der Waals surface area contributed by atoms with Crippen molar-refractivity contribution < 1.29 is 9.53 Å². The van der Waals surface area contributed by atoms with Gasteiger partial charge in [0.1, 0.15) is 5.60 Å². The van der Waals surface area contributed by atoms with E-state index in [-0.39, 0.29) is 6.09 Å². The molecule has 1 aliphatic heterocycles. The molecule has 1 aromatic carbocycles. The van der Waals surface area contributed by atoms with Gasteiger partial charge in [0, 0.05) is 18.5 Å². The molecule has 1 saturated heterocycles. The number of piperidine rings is 1. The molecule has 3 atom stereocenters. The van der Waals surface area contributed by atoms with Gasteiger partial charge >= 0.3 is 6.09 Å². The fourth-order valence-corrected chi connectivity index (χ4v) is 3.61. The fraction of sp³-hybridized carbons (Fsp3) is 0.588. The normalized spacial score (nSPS) is 28.8. The van der Waals surface area contributed by atoms with Gasteiger partial charge in [0.25, 0.3) is 0 Å². The van der Waals surface area contributed by atoms with E-state index in [1.807, 2.05) is 31.7 Å². The molecular weight excluding hydrogens is 250 g/mol. The molecule has 2 fully saturated rings. The number of hydrogen-bond donors (Lipinski definition) is 0. The first-order valence-electron chi connectivity index (χ1n) is 7.48. The number of nitrogens with zero attached hydrogens (tertiary/aromatic N) is 1. The smallest absolute Gasteiger partial charge is 0.410 e. The lowest BCUT2D eigenvalue weighted by molar-refractivity contribution is 0.0170. The molecule has 2 aliphatic rings. The quantitative estimate of drug-likeness (QED) is 0.779. The van der Waals surface area contributed by atoms with Crippen LogP contribution < -0.4 is 0 Å². The highest BCUT2D eigenvalue weighted by Gasteiger charge is 2.48. The molecule has 1 saturated carbocycles.